The molecule has 47 heavy (non-hydrogen) atoms. The number of carbonyl (C=O) groups is 4. The Kier molecular flexibility index (Phi) is 14.5. The topological polar surface area (TPSA) is 154 Å². The zero-order valence-electron chi connectivity index (χ0n) is 24.2. The highest BCUT2D eigenvalue weighted by Crippen LogP contribution is 2.33. The lowest BCUT2D eigenvalue weighted by Crippen LogP contribution is -2.34. The van der Waals surface area contributed by atoms with Crippen LogP contribution in [0.5, 0.6) is 0 Å². The summed E-state index contributed by atoms with van der Waals surface area (Å²) in [5, 5.41) is 1.86. The minimum Gasteiger partial charge on any atom is -0.468 e. The van der Waals surface area contributed by atoms with Crippen LogP contribution >= 0.6 is 46.7 Å². The van der Waals surface area contributed by atoms with Gasteiger partial charge in [0.15, 0.2) is 0 Å². The molecule has 0 radical (unpaired) electrons. The van der Waals surface area contributed by atoms with E-state index in [1.807, 2.05) is 5.32 Å². The van der Waals surface area contributed by atoms with Gasteiger partial charge in [0.1, 0.15) is 11.6 Å². The van der Waals surface area contributed by atoms with Crippen molar-refractivity contribution in [3.05, 3.63) is 78.5 Å². The lowest BCUT2D eigenvalue weighted by atomic mass is 10.2. The number of aromatic amines is 1. The highest BCUT2D eigenvalue weighted by atomic mass is 35.5. The first-order valence-corrected chi connectivity index (χ1v) is 15.2. The number of thioether (sulfide) groups is 2. The molecule has 11 nitrogen and oxygen atoms in total. The number of halogens is 7. The number of H-pyrrole nitrogens is 1. The molecule has 0 fully saturated rings. The average molecular weight is 747 g/mol. The summed E-state index contributed by atoms with van der Waals surface area (Å²) < 4.78 is 73.7. The van der Waals surface area contributed by atoms with Gasteiger partial charge in [-0.2, -0.15) is 13.2 Å². The van der Waals surface area contributed by atoms with Gasteiger partial charge < -0.3 is 19.8 Å². The summed E-state index contributed by atoms with van der Waals surface area (Å²) in [5.74, 6) is -6.67. The highest BCUT2D eigenvalue weighted by Gasteiger charge is 2.39. The SMILES string of the molecule is COC(=O)CSc1cc(-n2c(=O)cc(C)[nH]c2=O)c(F)cc1Cl.COC(=O)CSc1cc(NC(=O)CC(=O)C(F)(F)F)c(F)cc1Cl. The summed E-state index contributed by atoms with van der Waals surface area (Å²) in [7, 11) is 2.41. The Morgan fingerprint density at radius 1 is 0.872 bits per heavy atom. The van der Waals surface area contributed by atoms with Crippen LogP contribution in [0.1, 0.15) is 12.1 Å². The van der Waals surface area contributed by atoms with Crippen molar-refractivity contribution in [3.63, 3.8) is 0 Å². The van der Waals surface area contributed by atoms with Gasteiger partial charge in [-0.25, -0.2) is 18.1 Å². The van der Waals surface area contributed by atoms with Crippen molar-refractivity contribution in [3.8, 4) is 5.69 Å². The number of methoxy groups -OCH3 is 2. The Bertz CT molecular complexity index is 1770. The standard InChI is InChI=1S/C14H12ClFN2O4S.C13H10ClF4NO4S/c1-7-3-12(19)18(14(21)17-7)10-5-11(8(15)4-9(10)16)23-6-13(20)22-2;1-23-12(22)5-24-9-3-8(7(15)2-6(9)14)19-11(21)4-10(20)13(16,17)18/h3-5H,6H2,1-2H3,(H,17,21);2-3H,4-5H2,1H3,(H,19,21). The van der Waals surface area contributed by atoms with E-state index in [9.17, 15) is 50.7 Å². The predicted octanol–water partition coefficient (Wildman–Crippen LogP) is 5.10. The maximum Gasteiger partial charge on any atom is 0.450 e. The highest BCUT2D eigenvalue weighted by molar-refractivity contribution is 8.00. The Hall–Kier alpha value is -3.87. The van der Waals surface area contributed by atoms with E-state index in [4.69, 9.17) is 23.2 Å². The molecular formula is C27H22Cl2F5N3O8S2. The van der Waals surface area contributed by atoms with Gasteiger partial charge in [-0.15, -0.1) is 23.5 Å². The molecule has 254 valence electrons. The number of rotatable bonds is 10. The number of esters is 2. The van der Waals surface area contributed by atoms with E-state index in [-0.39, 0.29) is 32.1 Å². The van der Waals surface area contributed by atoms with Gasteiger partial charge in [0.05, 0.1) is 53.6 Å². The number of ketones is 1. The number of carbonyl (C=O) groups excluding carboxylic acids is 4. The molecule has 0 unspecified atom stereocenters. The van der Waals surface area contributed by atoms with E-state index in [1.165, 1.54) is 26.4 Å². The minimum atomic E-state index is -5.16. The van der Waals surface area contributed by atoms with Crippen molar-refractivity contribution in [2.24, 2.45) is 0 Å². The van der Waals surface area contributed by atoms with E-state index in [0.717, 1.165) is 41.7 Å². The van der Waals surface area contributed by atoms with Gasteiger partial charge in [0.25, 0.3) is 5.56 Å². The van der Waals surface area contributed by atoms with Gasteiger partial charge >= 0.3 is 23.8 Å². The van der Waals surface area contributed by atoms with Crippen LogP contribution in [0, 0.1) is 18.6 Å². The van der Waals surface area contributed by atoms with Gasteiger partial charge in [-0.1, -0.05) is 23.2 Å². The molecule has 2 N–H and O–H groups in total. The van der Waals surface area contributed by atoms with Gasteiger partial charge in [-0.05, 0) is 31.2 Å². The molecule has 3 rings (SSSR count). The normalized spacial score (nSPS) is 10.9. The zero-order valence-corrected chi connectivity index (χ0v) is 27.3. The molecule has 0 spiro atoms. The van der Waals surface area contributed by atoms with Crippen LogP contribution in [0.3, 0.4) is 0 Å². The first kappa shape index (κ1) is 39.3. The molecular weight excluding hydrogens is 724 g/mol. The van der Waals surface area contributed by atoms with E-state index >= 15 is 0 Å². The maximum atomic E-state index is 14.1. The van der Waals surface area contributed by atoms with E-state index < -0.39 is 64.8 Å². The number of nitrogens with zero attached hydrogens (tertiary/aromatic N) is 1. The molecule has 0 aliphatic heterocycles. The second kappa shape index (κ2) is 17.3. The molecule has 0 atom stereocenters. The third-order valence-electron chi connectivity index (χ3n) is 5.39. The smallest absolute Gasteiger partial charge is 0.450 e. The number of hydrogen-bond acceptors (Lipinski definition) is 10. The van der Waals surface area contributed by atoms with Gasteiger partial charge in [-0.3, -0.25) is 24.0 Å². The number of benzene rings is 2. The van der Waals surface area contributed by atoms with Crippen molar-refractivity contribution >= 4 is 76.0 Å². The number of alkyl halides is 3. The van der Waals surface area contributed by atoms with Crippen LogP contribution in [-0.4, -0.2) is 65.1 Å². The Morgan fingerprint density at radius 2 is 1.38 bits per heavy atom. The van der Waals surface area contributed by atoms with Crippen molar-refractivity contribution in [2.45, 2.75) is 29.3 Å². The molecule has 1 heterocycles. The van der Waals surface area contributed by atoms with Crippen LogP contribution in [0.4, 0.5) is 27.6 Å². The minimum absolute atomic E-state index is 0.0412. The molecule has 2 aromatic carbocycles. The summed E-state index contributed by atoms with van der Waals surface area (Å²) in [6.07, 6.45) is -6.63. The van der Waals surface area contributed by atoms with E-state index in [1.54, 1.807) is 6.92 Å². The number of anilines is 1. The molecule has 0 saturated heterocycles. The predicted molar refractivity (Wildman–Crippen MR) is 164 cm³/mol. The second-order valence-corrected chi connectivity index (χ2v) is 11.7. The third-order valence-corrected chi connectivity index (χ3v) is 8.30. The summed E-state index contributed by atoms with van der Waals surface area (Å²) in [5.41, 5.74) is -1.78. The molecule has 3 aromatic rings. The molecule has 0 bridgehead atoms. The first-order valence-electron chi connectivity index (χ1n) is 12.5. The summed E-state index contributed by atoms with van der Waals surface area (Å²) in [4.78, 5) is 71.3. The number of Topliss-reactive ketones (excluding diaryl/α,β-unsaturated/α-hetero) is 1. The molecule has 20 heteroatoms. The molecule has 0 aliphatic carbocycles. The van der Waals surface area contributed by atoms with Crippen LogP contribution < -0.4 is 16.6 Å². The second-order valence-electron chi connectivity index (χ2n) is 8.80. The fraction of sp³-hybridized carbons (Fsp3) is 0.259. The first-order chi connectivity index (χ1) is 21.9. The van der Waals surface area contributed by atoms with Crippen molar-refractivity contribution in [1.29, 1.82) is 0 Å². The number of hydrogen-bond donors (Lipinski definition) is 2. The third kappa shape index (κ3) is 11.7. The molecule has 1 aromatic heterocycles. The lowest BCUT2D eigenvalue weighted by Gasteiger charge is -2.10. The number of aromatic nitrogens is 2. The Balaban J connectivity index is 0.000000327. The number of ether oxygens (including phenoxy) is 2. The maximum absolute atomic E-state index is 14.1. The summed E-state index contributed by atoms with van der Waals surface area (Å²) in [6, 6.07) is 5.28. The summed E-state index contributed by atoms with van der Waals surface area (Å²) >= 11 is 13.6. The zero-order chi connectivity index (χ0) is 35.6. The van der Waals surface area contributed by atoms with Gasteiger partial charge in [0.2, 0.25) is 11.7 Å². The van der Waals surface area contributed by atoms with Crippen LogP contribution in [-0.2, 0) is 28.7 Å². The fourth-order valence-electron chi connectivity index (χ4n) is 3.21. The van der Waals surface area contributed by atoms with Crippen molar-refractivity contribution in [1.82, 2.24) is 9.55 Å². The number of amides is 1. The Morgan fingerprint density at radius 3 is 1.87 bits per heavy atom. The molecule has 0 saturated carbocycles. The van der Waals surface area contributed by atoms with Crippen molar-refractivity contribution in [2.75, 3.05) is 31.0 Å². The lowest BCUT2D eigenvalue weighted by molar-refractivity contribution is -0.171. The Labute approximate surface area is 280 Å². The molecule has 0 aliphatic rings. The fourth-order valence-corrected chi connectivity index (χ4v) is 5.41. The largest absolute Gasteiger partial charge is 0.468 e. The quantitative estimate of drug-likeness (QED) is 0.124. The van der Waals surface area contributed by atoms with Crippen molar-refractivity contribution < 1.29 is 50.6 Å². The van der Waals surface area contributed by atoms with E-state index in [2.05, 4.69) is 14.5 Å². The molecule has 1 amide bonds. The average Bonchev–Trinajstić information content (AvgIpc) is 2.97. The van der Waals surface area contributed by atoms with Crippen LogP contribution in [0.2, 0.25) is 10.0 Å². The number of nitrogens with one attached hydrogen (secondary N) is 2. The monoisotopic (exact) mass is 745 g/mol. The van der Waals surface area contributed by atoms with Gasteiger partial charge in [0, 0.05) is 21.6 Å². The summed E-state index contributed by atoms with van der Waals surface area (Å²) in [6.45, 7) is 1.54. The van der Waals surface area contributed by atoms with Crippen LogP contribution in [0.25, 0.3) is 5.69 Å². The number of aryl methyl sites for hydroxylation is 1. The van der Waals surface area contributed by atoms with Crippen LogP contribution in [0.15, 0.2) is 49.7 Å². The van der Waals surface area contributed by atoms with E-state index in [0.29, 0.717) is 15.2 Å².